The summed E-state index contributed by atoms with van der Waals surface area (Å²) >= 11 is 0. The second-order valence-electron chi connectivity index (χ2n) is 10.8. The van der Waals surface area contributed by atoms with E-state index in [1.54, 1.807) is 12.1 Å². The third-order valence-electron chi connectivity index (χ3n) is 7.41. The van der Waals surface area contributed by atoms with Crippen molar-refractivity contribution in [3.05, 3.63) is 59.7 Å². The summed E-state index contributed by atoms with van der Waals surface area (Å²) in [6.07, 6.45) is -1.41. The van der Waals surface area contributed by atoms with Crippen LogP contribution in [0.25, 0.3) is 11.1 Å². The Bertz CT molecular complexity index is 1210. The second-order valence-corrected chi connectivity index (χ2v) is 10.8. The van der Waals surface area contributed by atoms with Gasteiger partial charge in [0.1, 0.15) is 17.2 Å². The average molecular weight is 513 g/mol. The van der Waals surface area contributed by atoms with Crippen LogP contribution in [-0.4, -0.2) is 40.4 Å². The Morgan fingerprint density at radius 1 is 1.03 bits per heavy atom. The van der Waals surface area contributed by atoms with Gasteiger partial charge in [-0.15, -0.1) is 0 Å². The summed E-state index contributed by atoms with van der Waals surface area (Å²) in [5.74, 6) is -1.21. The van der Waals surface area contributed by atoms with E-state index in [4.69, 9.17) is 11.5 Å². The minimum atomic E-state index is -2.99. The van der Waals surface area contributed by atoms with Gasteiger partial charge in [-0.25, -0.2) is 13.2 Å². The number of carbonyl (C=O) groups excluding carboxylic acids is 2. The summed E-state index contributed by atoms with van der Waals surface area (Å²) in [5.41, 5.74) is 10.3. The summed E-state index contributed by atoms with van der Waals surface area (Å²) in [6, 6.07) is 12.7. The molecule has 2 fully saturated rings. The van der Waals surface area contributed by atoms with E-state index in [2.05, 4.69) is 0 Å². The van der Waals surface area contributed by atoms with Crippen LogP contribution in [0.15, 0.2) is 48.5 Å². The SMILES string of the molecule is CC(C)(F)C[C@H](N)C(=O)N([C@@H](c1ccc(-c2ccc(C3(C(N)=O)CC3)cc2)cc1)C(F)F)C1(C#N)CC1. The predicted octanol–water partition coefficient (Wildman–Crippen LogP) is 4.53. The van der Waals surface area contributed by atoms with E-state index in [1.807, 2.05) is 30.3 Å². The van der Waals surface area contributed by atoms with Crippen molar-refractivity contribution in [3.8, 4) is 17.2 Å². The van der Waals surface area contributed by atoms with Crippen LogP contribution >= 0.6 is 0 Å². The van der Waals surface area contributed by atoms with E-state index in [0.29, 0.717) is 0 Å². The van der Waals surface area contributed by atoms with Gasteiger partial charge in [0.25, 0.3) is 6.43 Å². The van der Waals surface area contributed by atoms with Gasteiger partial charge in [0.05, 0.1) is 17.5 Å². The Labute approximate surface area is 214 Å². The smallest absolute Gasteiger partial charge is 0.262 e. The number of nitriles is 1. The average Bonchev–Trinajstić information content (AvgIpc) is 3.76. The van der Waals surface area contributed by atoms with Crippen LogP contribution in [0.5, 0.6) is 0 Å². The zero-order valence-corrected chi connectivity index (χ0v) is 20.9. The molecule has 0 unspecified atom stereocenters. The molecule has 37 heavy (non-hydrogen) atoms. The van der Waals surface area contributed by atoms with Gasteiger partial charge in [-0.05, 0) is 61.8 Å². The summed E-state index contributed by atoms with van der Waals surface area (Å²) in [4.78, 5) is 25.9. The lowest BCUT2D eigenvalue weighted by molar-refractivity contribution is -0.143. The van der Waals surface area contributed by atoms with Crippen molar-refractivity contribution in [3.63, 3.8) is 0 Å². The Kier molecular flexibility index (Phi) is 6.84. The lowest BCUT2D eigenvalue weighted by Crippen LogP contribution is -2.53. The molecule has 2 aliphatic rings. The van der Waals surface area contributed by atoms with E-state index in [9.17, 15) is 28.0 Å². The maximum Gasteiger partial charge on any atom is 0.262 e. The van der Waals surface area contributed by atoms with Crippen LogP contribution in [0.1, 0.15) is 63.1 Å². The lowest BCUT2D eigenvalue weighted by Gasteiger charge is -2.37. The van der Waals surface area contributed by atoms with Gasteiger partial charge >= 0.3 is 0 Å². The highest BCUT2D eigenvalue weighted by molar-refractivity contribution is 5.90. The van der Waals surface area contributed by atoms with Crippen molar-refractivity contribution in [2.75, 3.05) is 0 Å². The standard InChI is InChI=1S/C28H31F3N4O2/c1-26(2,31)15-21(33)24(36)35(27(16-32)11-12-27)22(23(29)30)19-5-3-17(4-6-19)18-7-9-20(10-8-18)28(13-14-28)25(34)37/h3-10,21-23H,11-15,33H2,1-2H3,(H2,34,37)/t21-,22-/m0/s1. The van der Waals surface area contributed by atoms with E-state index < -0.39 is 41.0 Å². The number of hydrogen-bond acceptors (Lipinski definition) is 4. The van der Waals surface area contributed by atoms with Crippen molar-refractivity contribution in [1.29, 1.82) is 5.26 Å². The number of nitrogens with zero attached hydrogens (tertiary/aromatic N) is 2. The molecule has 0 bridgehead atoms. The molecule has 4 rings (SSSR count). The highest BCUT2D eigenvalue weighted by Gasteiger charge is 2.56. The molecule has 0 radical (unpaired) electrons. The molecule has 9 heteroatoms. The van der Waals surface area contributed by atoms with Gasteiger partial charge in [-0.1, -0.05) is 48.5 Å². The zero-order valence-electron chi connectivity index (χ0n) is 20.9. The molecule has 4 N–H and O–H groups in total. The molecule has 2 amide bonds. The molecule has 0 aliphatic heterocycles. The van der Waals surface area contributed by atoms with E-state index in [0.717, 1.165) is 34.4 Å². The minimum absolute atomic E-state index is 0.155. The van der Waals surface area contributed by atoms with E-state index >= 15 is 0 Å². The Hall–Kier alpha value is -3.38. The number of benzene rings is 2. The summed E-state index contributed by atoms with van der Waals surface area (Å²) in [7, 11) is 0. The summed E-state index contributed by atoms with van der Waals surface area (Å²) < 4.78 is 43.2. The number of hydrogen-bond donors (Lipinski definition) is 2. The largest absolute Gasteiger partial charge is 0.369 e. The van der Waals surface area contributed by atoms with Gasteiger partial charge in [0.2, 0.25) is 11.8 Å². The Balaban J connectivity index is 1.62. The van der Waals surface area contributed by atoms with Crippen LogP contribution in [0.3, 0.4) is 0 Å². The van der Waals surface area contributed by atoms with Gasteiger partial charge < -0.3 is 16.4 Å². The summed E-state index contributed by atoms with van der Waals surface area (Å²) in [6.45, 7) is 2.52. The highest BCUT2D eigenvalue weighted by Crippen LogP contribution is 2.49. The first-order valence-corrected chi connectivity index (χ1v) is 12.3. The van der Waals surface area contributed by atoms with Crippen LogP contribution in [0, 0.1) is 11.3 Å². The molecule has 2 aliphatic carbocycles. The first kappa shape index (κ1) is 26.7. The maximum atomic E-state index is 14.5. The fourth-order valence-corrected chi connectivity index (χ4v) is 4.99. The molecule has 196 valence electrons. The fraction of sp³-hybridized carbons (Fsp3) is 0.464. The Morgan fingerprint density at radius 2 is 1.54 bits per heavy atom. The number of nitrogens with two attached hydrogens (primary N) is 2. The minimum Gasteiger partial charge on any atom is -0.369 e. The fourth-order valence-electron chi connectivity index (χ4n) is 4.99. The quantitative estimate of drug-likeness (QED) is 0.487. The molecule has 0 aromatic heterocycles. The van der Waals surface area contributed by atoms with Crippen LogP contribution in [-0.2, 0) is 15.0 Å². The Morgan fingerprint density at radius 3 is 1.92 bits per heavy atom. The molecule has 0 spiro atoms. The van der Waals surface area contributed by atoms with Gasteiger partial charge in [0.15, 0.2) is 0 Å². The number of halogens is 3. The highest BCUT2D eigenvalue weighted by atomic mass is 19.3. The number of amides is 2. The number of alkyl halides is 3. The summed E-state index contributed by atoms with van der Waals surface area (Å²) in [5, 5.41) is 9.75. The maximum absolute atomic E-state index is 14.5. The van der Waals surface area contributed by atoms with Crippen molar-refractivity contribution in [2.24, 2.45) is 11.5 Å². The van der Waals surface area contributed by atoms with Gasteiger partial charge in [0, 0.05) is 6.42 Å². The van der Waals surface area contributed by atoms with Crippen molar-refractivity contribution < 1.29 is 22.8 Å². The first-order chi connectivity index (χ1) is 17.3. The van der Waals surface area contributed by atoms with Crippen molar-refractivity contribution in [2.45, 2.75) is 81.1 Å². The molecule has 2 aromatic carbocycles. The molecular weight excluding hydrogens is 481 g/mol. The van der Waals surface area contributed by atoms with Crippen LogP contribution < -0.4 is 11.5 Å². The van der Waals surface area contributed by atoms with Gasteiger partial charge in [-0.2, -0.15) is 5.26 Å². The normalized spacial score (nSPS) is 19.0. The van der Waals surface area contributed by atoms with Crippen LogP contribution in [0.2, 0.25) is 0 Å². The molecule has 0 saturated heterocycles. The third kappa shape index (κ3) is 5.21. The molecule has 2 aromatic rings. The molecular formula is C28H31F3N4O2. The lowest BCUT2D eigenvalue weighted by atomic mass is 9.92. The van der Waals surface area contributed by atoms with E-state index in [-0.39, 0.29) is 30.7 Å². The topological polar surface area (TPSA) is 113 Å². The monoisotopic (exact) mass is 512 g/mol. The van der Waals surface area contributed by atoms with Gasteiger partial charge in [-0.3, -0.25) is 9.59 Å². The predicted molar refractivity (Wildman–Crippen MR) is 133 cm³/mol. The number of carbonyl (C=O) groups is 2. The number of rotatable bonds is 10. The zero-order chi connectivity index (χ0) is 27.2. The van der Waals surface area contributed by atoms with Crippen LogP contribution in [0.4, 0.5) is 13.2 Å². The molecule has 2 atom stereocenters. The van der Waals surface area contributed by atoms with Crippen molar-refractivity contribution in [1.82, 2.24) is 4.90 Å². The van der Waals surface area contributed by atoms with E-state index in [1.165, 1.54) is 26.0 Å². The third-order valence-corrected chi connectivity index (χ3v) is 7.41. The second kappa shape index (κ2) is 9.49. The van der Waals surface area contributed by atoms with Crippen molar-refractivity contribution >= 4 is 11.8 Å². The molecule has 6 nitrogen and oxygen atoms in total. The molecule has 2 saturated carbocycles. The molecule has 0 heterocycles. The number of primary amides is 1. The first-order valence-electron chi connectivity index (χ1n) is 12.3.